The molecule has 4 rings (SSSR count). The van der Waals surface area contributed by atoms with E-state index in [-0.39, 0.29) is 17.3 Å². The molecule has 0 amide bonds. The van der Waals surface area contributed by atoms with E-state index in [4.69, 9.17) is 4.74 Å². The van der Waals surface area contributed by atoms with E-state index in [2.05, 4.69) is 12.1 Å². The molecule has 0 bridgehead atoms. The highest BCUT2D eigenvalue weighted by Crippen LogP contribution is 2.41. The Morgan fingerprint density at radius 2 is 1.50 bits per heavy atom. The number of phenols is 1. The summed E-state index contributed by atoms with van der Waals surface area (Å²) in [7, 11) is -1.42. The quantitative estimate of drug-likeness (QED) is 0.156. The van der Waals surface area contributed by atoms with Crippen LogP contribution < -0.4 is 4.74 Å². The van der Waals surface area contributed by atoms with Crippen molar-refractivity contribution < 1.29 is 36.0 Å². The van der Waals surface area contributed by atoms with Gasteiger partial charge in [-0.25, -0.2) is 0 Å². The maximum Gasteiger partial charge on any atom is 0.453 e. The molecule has 3 nitrogen and oxygen atoms in total. The van der Waals surface area contributed by atoms with Crippen LogP contribution in [0.5, 0.6) is 11.5 Å². The first-order chi connectivity index (χ1) is 20.0. The van der Waals surface area contributed by atoms with Gasteiger partial charge in [-0.1, -0.05) is 48.5 Å². The normalized spacial score (nSPS) is 14.8. The summed E-state index contributed by atoms with van der Waals surface area (Å²) < 4.78 is 80.4. The summed E-state index contributed by atoms with van der Waals surface area (Å²) in [6.07, 6.45) is -2.58. The van der Waals surface area contributed by atoms with Crippen molar-refractivity contribution in [3.63, 3.8) is 0 Å². The van der Waals surface area contributed by atoms with Crippen LogP contribution in [0.25, 0.3) is 11.1 Å². The second kappa shape index (κ2) is 14.3. The Hall–Kier alpha value is -3.20. The number of aromatic hydroxyl groups is 1. The lowest BCUT2D eigenvalue weighted by Crippen LogP contribution is -2.36. The van der Waals surface area contributed by atoms with E-state index in [1.807, 2.05) is 54.6 Å². The summed E-state index contributed by atoms with van der Waals surface area (Å²) in [4.78, 5) is 0. The molecule has 0 aromatic heterocycles. The number of halogens is 5. The van der Waals surface area contributed by atoms with E-state index in [0.717, 1.165) is 41.5 Å². The van der Waals surface area contributed by atoms with Crippen LogP contribution in [0.2, 0.25) is 0 Å². The SMILES string of the molecule is O=S(CCCCCOc1ccc(C2=C(c3ccccc3)CCCc3cc(O)ccc32)cc1)CCCC(F)(F)C(F)(F)F. The summed E-state index contributed by atoms with van der Waals surface area (Å²) in [5.74, 6) is -3.66. The van der Waals surface area contributed by atoms with Crippen LogP contribution >= 0.6 is 0 Å². The van der Waals surface area contributed by atoms with Crippen molar-refractivity contribution in [2.24, 2.45) is 0 Å². The lowest BCUT2D eigenvalue weighted by molar-refractivity contribution is -0.284. The van der Waals surface area contributed by atoms with Gasteiger partial charge in [-0.2, -0.15) is 22.0 Å². The first-order valence-electron chi connectivity index (χ1n) is 14.2. The third kappa shape index (κ3) is 8.43. The first kappa shape index (κ1) is 31.7. The fraction of sp³-hybridized carbons (Fsp3) is 0.394. The van der Waals surface area contributed by atoms with Crippen LogP contribution in [0, 0.1) is 0 Å². The zero-order chi connectivity index (χ0) is 30.2. The van der Waals surface area contributed by atoms with Gasteiger partial charge < -0.3 is 9.84 Å². The molecule has 42 heavy (non-hydrogen) atoms. The van der Waals surface area contributed by atoms with Gasteiger partial charge in [0.1, 0.15) is 11.5 Å². The molecule has 1 unspecified atom stereocenters. The number of alkyl halides is 5. The second-order valence-electron chi connectivity index (χ2n) is 10.5. The number of benzene rings is 3. The molecule has 0 radical (unpaired) electrons. The minimum Gasteiger partial charge on any atom is -0.508 e. The van der Waals surface area contributed by atoms with Gasteiger partial charge in [0.15, 0.2) is 0 Å². The van der Waals surface area contributed by atoms with E-state index in [0.29, 0.717) is 31.6 Å². The van der Waals surface area contributed by atoms with Gasteiger partial charge in [0.05, 0.1) is 6.61 Å². The number of hydrogen-bond acceptors (Lipinski definition) is 3. The minimum atomic E-state index is -5.57. The summed E-state index contributed by atoms with van der Waals surface area (Å²) in [5.41, 5.74) is 6.88. The zero-order valence-corrected chi connectivity index (χ0v) is 24.1. The molecule has 3 aromatic carbocycles. The largest absolute Gasteiger partial charge is 0.508 e. The number of fused-ring (bicyclic) bond motifs is 1. The Bertz CT molecular complexity index is 1370. The van der Waals surface area contributed by atoms with E-state index in [9.17, 15) is 31.3 Å². The molecule has 0 heterocycles. The molecule has 0 fully saturated rings. The highest BCUT2D eigenvalue weighted by Gasteiger charge is 2.56. The molecule has 1 aliphatic rings. The summed E-state index contributed by atoms with van der Waals surface area (Å²) in [6, 6.07) is 23.9. The maximum absolute atomic E-state index is 13.0. The molecule has 0 spiro atoms. The van der Waals surface area contributed by atoms with Crippen molar-refractivity contribution in [3.05, 3.63) is 95.1 Å². The highest BCUT2D eigenvalue weighted by molar-refractivity contribution is 7.84. The van der Waals surface area contributed by atoms with Gasteiger partial charge in [-0.3, -0.25) is 4.21 Å². The molecule has 1 atom stereocenters. The molecule has 0 saturated carbocycles. The Labute approximate surface area is 245 Å². The molecular formula is C33H35F5O3S. The predicted molar refractivity (Wildman–Crippen MR) is 157 cm³/mol. The highest BCUT2D eigenvalue weighted by atomic mass is 32.2. The third-order valence-electron chi connectivity index (χ3n) is 7.36. The van der Waals surface area contributed by atoms with Gasteiger partial charge >= 0.3 is 12.1 Å². The number of hydrogen-bond donors (Lipinski definition) is 1. The summed E-state index contributed by atoms with van der Waals surface area (Å²) in [6.45, 7) is 0.448. The first-order valence-corrected chi connectivity index (χ1v) is 15.7. The summed E-state index contributed by atoms with van der Waals surface area (Å²) in [5, 5.41) is 10.1. The smallest absolute Gasteiger partial charge is 0.453 e. The van der Waals surface area contributed by atoms with Crippen LogP contribution in [0.4, 0.5) is 22.0 Å². The standard InChI is InChI=1S/C33H35F5O3S/c34-32(35,33(36,37)38)19-8-22-42(40)21-6-2-5-20-41-28-16-13-25(14-17-28)31-29(24-9-3-1-4-10-24)12-7-11-26-23-27(39)15-18-30(26)31/h1,3-4,9-10,13-18,23,39H,2,5-8,11-12,19-22H2. The average Bonchev–Trinajstić information content (AvgIpc) is 3.14. The number of ether oxygens (including phenoxy) is 1. The monoisotopic (exact) mass is 606 g/mol. The van der Waals surface area contributed by atoms with E-state index < -0.39 is 35.7 Å². The van der Waals surface area contributed by atoms with Gasteiger partial charge in [-0.05, 0) is 103 Å². The van der Waals surface area contributed by atoms with Gasteiger partial charge in [-0.15, -0.1) is 0 Å². The predicted octanol–water partition coefficient (Wildman–Crippen LogP) is 8.96. The lowest BCUT2D eigenvalue weighted by Gasteiger charge is -2.19. The van der Waals surface area contributed by atoms with Gasteiger partial charge in [0, 0.05) is 28.7 Å². The minimum absolute atomic E-state index is 0.164. The van der Waals surface area contributed by atoms with Crippen LogP contribution in [0.15, 0.2) is 72.8 Å². The Morgan fingerprint density at radius 3 is 2.21 bits per heavy atom. The van der Waals surface area contributed by atoms with E-state index in [1.165, 1.54) is 11.1 Å². The number of aryl methyl sites for hydroxylation is 1. The number of allylic oxidation sites excluding steroid dienone is 1. The molecule has 226 valence electrons. The molecular weight excluding hydrogens is 571 g/mol. The van der Waals surface area contributed by atoms with Crippen LogP contribution in [-0.4, -0.2) is 39.5 Å². The van der Waals surface area contributed by atoms with Gasteiger partial charge in [0.2, 0.25) is 0 Å². The Balaban J connectivity index is 1.30. The molecule has 0 saturated heterocycles. The fourth-order valence-electron chi connectivity index (χ4n) is 5.18. The van der Waals surface area contributed by atoms with Crippen molar-refractivity contribution in [2.45, 2.75) is 63.5 Å². The van der Waals surface area contributed by atoms with E-state index >= 15 is 0 Å². The molecule has 1 N–H and O–H groups in total. The Kier molecular flexibility index (Phi) is 10.8. The molecule has 9 heteroatoms. The molecule has 3 aromatic rings. The van der Waals surface area contributed by atoms with Crippen LogP contribution in [0.1, 0.15) is 67.2 Å². The third-order valence-corrected chi connectivity index (χ3v) is 8.85. The zero-order valence-electron chi connectivity index (χ0n) is 23.3. The number of unbranched alkanes of at least 4 members (excludes halogenated alkanes) is 2. The van der Waals surface area contributed by atoms with Crippen LogP contribution in [0.3, 0.4) is 0 Å². The van der Waals surface area contributed by atoms with Crippen molar-refractivity contribution in [2.75, 3.05) is 18.1 Å². The van der Waals surface area contributed by atoms with Crippen molar-refractivity contribution in [3.8, 4) is 11.5 Å². The average molecular weight is 607 g/mol. The molecule has 0 aliphatic heterocycles. The molecule has 1 aliphatic carbocycles. The fourth-order valence-corrected chi connectivity index (χ4v) is 6.38. The van der Waals surface area contributed by atoms with Gasteiger partial charge in [0.25, 0.3) is 0 Å². The number of phenolic OH excluding ortho intramolecular Hbond substituents is 1. The van der Waals surface area contributed by atoms with Crippen molar-refractivity contribution in [1.29, 1.82) is 0 Å². The Morgan fingerprint density at radius 1 is 0.786 bits per heavy atom. The maximum atomic E-state index is 13.0. The van der Waals surface area contributed by atoms with E-state index in [1.54, 1.807) is 6.07 Å². The summed E-state index contributed by atoms with van der Waals surface area (Å²) >= 11 is 0. The topological polar surface area (TPSA) is 46.5 Å². The van der Waals surface area contributed by atoms with Crippen molar-refractivity contribution >= 4 is 21.9 Å². The van der Waals surface area contributed by atoms with Crippen molar-refractivity contribution in [1.82, 2.24) is 0 Å². The number of rotatable bonds is 13. The lowest BCUT2D eigenvalue weighted by atomic mass is 9.88. The second-order valence-corrected chi connectivity index (χ2v) is 12.2. The van der Waals surface area contributed by atoms with Crippen LogP contribution in [-0.2, 0) is 17.2 Å².